The van der Waals surface area contributed by atoms with E-state index in [0.717, 1.165) is 32.1 Å². The number of hydrogen-bond donors (Lipinski definition) is 1. The molecule has 6 heteroatoms. The highest BCUT2D eigenvalue weighted by atomic mass is 19.1. The molecule has 0 aromatic carbocycles. The van der Waals surface area contributed by atoms with E-state index in [9.17, 15) is 9.18 Å². The van der Waals surface area contributed by atoms with Gasteiger partial charge in [0.1, 0.15) is 18.2 Å². The number of hydrogen-bond acceptors (Lipinski definition) is 4. The summed E-state index contributed by atoms with van der Waals surface area (Å²) in [5, 5.41) is 3.28. The lowest BCUT2D eigenvalue weighted by molar-refractivity contribution is -0.141. The van der Waals surface area contributed by atoms with Gasteiger partial charge in [0.25, 0.3) is 5.91 Å². The van der Waals surface area contributed by atoms with Crippen molar-refractivity contribution in [3.8, 4) is 0 Å². The fraction of sp³-hybridized carbons (Fsp3) is 0.538. The molecule has 19 heavy (non-hydrogen) atoms. The fourth-order valence-corrected chi connectivity index (χ4v) is 2.64. The van der Waals surface area contributed by atoms with E-state index in [4.69, 9.17) is 4.74 Å². The van der Waals surface area contributed by atoms with Crippen molar-refractivity contribution in [2.45, 2.75) is 18.4 Å². The van der Waals surface area contributed by atoms with Crippen molar-refractivity contribution < 1.29 is 13.9 Å². The zero-order valence-corrected chi connectivity index (χ0v) is 10.6. The lowest BCUT2D eigenvalue weighted by atomic mass is 9.90. The molecule has 1 aromatic heterocycles. The number of nitrogens with zero attached hydrogens (tertiary/aromatic N) is 2. The predicted octanol–water partition coefficient (Wildman–Crippen LogP) is 0.706. The van der Waals surface area contributed by atoms with Gasteiger partial charge >= 0.3 is 0 Å². The summed E-state index contributed by atoms with van der Waals surface area (Å²) in [6.07, 6.45) is 2.88. The summed E-state index contributed by atoms with van der Waals surface area (Å²) in [5.41, 5.74) is -0.283. The van der Waals surface area contributed by atoms with Crippen molar-refractivity contribution in [1.29, 1.82) is 0 Å². The monoisotopic (exact) mass is 265 g/mol. The lowest BCUT2D eigenvalue weighted by Gasteiger charge is -2.44. The topological polar surface area (TPSA) is 54.5 Å². The second kappa shape index (κ2) is 4.86. The maximum absolute atomic E-state index is 12.9. The van der Waals surface area contributed by atoms with Crippen LogP contribution >= 0.6 is 0 Å². The molecule has 1 spiro atoms. The first-order valence-corrected chi connectivity index (χ1v) is 6.45. The molecule has 2 fully saturated rings. The number of pyridine rings is 1. The van der Waals surface area contributed by atoms with Gasteiger partial charge < -0.3 is 10.1 Å². The van der Waals surface area contributed by atoms with Gasteiger partial charge in [-0.3, -0.25) is 9.69 Å². The molecular weight excluding hydrogens is 249 g/mol. The standard InChI is InChI=1S/C13H16FN3O2/c14-10-1-2-11(16-7-10)17-9-13(19-8-12(17)18)3-5-15-6-4-13/h1-2,7,15H,3-6,8-9H2. The highest BCUT2D eigenvalue weighted by Crippen LogP contribution is 2.30. The van der Waals surface area contributed by atoms with E-state index in [1.54, 1.807) is 4.90 Å². The number of morpholine rings is 1. The van der Waals surface area contributed by atoms with Crippen LogP contribution in [-0.4, -0.2) is 42.7 Å². The zero-order chi connectivity index (χ0) is 13.3. The van der Waals surface area contributed by atoms with Gasteiger partial charge in [0.15, 0.2) is 0 Å². The Morgan fingerprint density at radius 2 is 2.16 bits per heavy atom. The molecule has 2 saturated heterocycles. The fourth-order valence-electron chi connectivity index (χ4n) is 2.64. The van der Waals surface area contributed by atoms with Crippen LogP contribution in [0.4, 0.5) is 10.2 Å². The zero-order valence-electron chi connectivity index (χ0n) is 10.6. The van der Waals surface area contributed by atoms with Crippen LogP contribution in [0.1, 0.15) is 12.8 Å². The number of halogens is 1. The number of carbonyl (C=O) groups excluding carboxylic acids is 1. The SMILES string of the molecule is O=C1COC2(CCNCC2)CN1c1ccc(F)cn1. The highest BCUT2D eigenvalue weighted by molar-refractivity contribution is 5.94. The van der Waals surface area contributed by atoms with E-state index in [1.807, 2.05) is 0 Å². The summed E-state index contributed by atoms with van der Waals surface area (Å²) in [6.45, 7) is 2.34. The second-order valence-corrected chi connectivity index (χ2v) is 5.04. The van der Waals surface area contributed by atoms with E-state index in [0.29, 0.717) is 12.4 Å². The van der Waals surface area contributed by atoms with Crippen LogP contribution in [0.15, 0.2) is 18.3 Å². The Balaban J connectivity index is 1.83. The molecule has 3 rings (SSSR count). The molecule has 0 atom stereocenters. The lowest BCUT2D eigenvalue weighted by Crippen LogP contribution is -2.58. The average Bonchev–Trinajstić information content (AvgIpc) is 2.44. The van der Waals surface area contributed by atoms with Crippen LogP contribution in [0, 0.1) is 5.82 Å². The van der Waals surface area contributed by atoms with Crippen molar-refractivity contribution >= 4 is 11.7 Å². The third-order valence-electron chi connectivity index (χ3n) is 3.75. The summed E-state index contributed by atoms with van der Waals surface area (Å²) in [4.78, 5) is 17.6. The molecule has 3 heterocycles. The third-order valence-corrected chi connectivity index (χ3v) is 3.75. The molecule has 0 unspecified atom stereocenters. The molecule has 2 aliphatic rings. The van der Waals surface area contributed by atoms with E-state index in [-0.39, 0.29) is 18.1 Å². The quantitative estimate of drug-likeness (QED) is 0.812. The number of nitrogens with one attached hydrogen (secondary N) is 1. The van der Waals surface area contributed by atoms with Gasteiger partial charge in [0.05, 0.1) is 18.3 Å². The Morgan fingerprint density at radius 1 is 1.37 bits per heavy atom. The molecule has 2 aliphatic heterocycles. The molecule has 0 aliphatic carbocycles. The van der Waals surface area contributed by atoms with Gasteiger partial charge in [-0.25, -0.2) is 9.37 Å². The first-order chi connectivity index (χ1) is 9.19. The van der Waals surface area contributed by atoms with Crippen molar-refractivity contribution in [3.63, 3.8) is 0 Å². The van der Waals surface area contributed by atoms with Crippen LogP contribution in [0.2, 0.25) is 0 Å². The summed E-state index contributed by atoms with van der Waals surface area (Å²) >= 11 is 0. The number of carbonyl (C=O) groups is 1. The number of aromatic nitrogens is 1. The van der Waals surface area contributed by atoms with Gasteiger partial charge in [-0.1, -0.05) is 0 Å². The molecule has 102 valence electrons. The Bertz CT molecular complexity index is 471. The largest absolute Gasteiger partial charge is 0.363 e. The van der Waals surface area contributed by atoms with E-state index < -0.39 is 5.82 Å². The number of piperidine rings is 1. The van der Waals surface area contributed by atoms with E-state index >= 15 is 0 Å². The maximum atomic E-state index is 12.9. The van der Waals surface area contributed by atoms with Crippen molar-refractivity contribution in [3.05, 3.63) is 24.1 Å². The Hall–Kier alpha value is -1.53. The minimum Gasteiger partial charge on any atom is -0.363 e. The normalized spacial score (nSPS) is 22.8. The van der Waals surface area contributed by atoms with Crippen LogP contribution in [0.3, 0.4) is 0 Å². The highest BCUT2D eigenvalue weighted by Gasteiger charge is 2.41. The van der Waals surface area contributed by atoms with Crippen molar-refractivity contribution in [2.24, 2.45) is 0 Å². The Morgan fingerprint density at radius 3 is 2.84 bits per heavy atom. The first-order valence-electron chi connectivity index (χ1n) is 6.45. The summed E-state index contributed by atoms with van der Waals surface area (Å²) in [7, 11) is 0. The van der Waals surface area contributed by atoms with Gasteiger partial charge in [0, 0.05) is 0 Å². The van der Waals surface area contributed by atoms with Gasteiger partial charge in [0.2, 0.25) is 0 Å². The Kier molecular flexibility index (Phi) is 3.20. The summed E-state index contributed by atoms with van der Waals surface area (Å²) in [5.74, 6) is -0.0306. The van der Waals surface area contributed by atoms with Gasteiger partial charge in [-0.05, 0) is 38.1 Å². The Labute approximate surface area is 110 Å². The molecule has 1 N–H and O–H groups in total. The predicted molar refractivity (Wildman–Crippen MR) is 67.3 cm³/mol. The number of rotatable bonds is 1. The average molecular weight is 265 g/mol. The molecule has 1 aromatic rings. The summed E-state index contributed by atoms with van der Waals surface area (Å²) < 4.78 is 18.7. The molecule has 1 amide bonds. The van der Waals surface area contributed by atoms with Crippen molar-refractivity contribution in [2.75, 3.05) is 31.1 Å². The minimum atomic E-state index is -0.402. The molecule has 0 bridgehead atoms. The minimum absolute atomic E-state index is 0.0685. The van der Waals surface area contributed by atoms with Gasteiger partial charge in [-0.2, -0.15) is 0 Å². The smallest absolute Gasteiger partial charge is 0.254 e. The van der Waals surface area contributed by atoms with Crippen LogP contribution in [0.5, 0.6) is 0 Å². The summed E-state index contributed by atoms with van der Waals surface area (Å²) in [6, 6.07) is 2.85. The molecule has 5 nitrogen and oxygen atoms in total. The molecule has 0 radical (unpaired) electrons. The first kappa shape index (κ1) is 12.5. The number of amides is 1. The van der Waals surface area contributed by atoms with Crippen LogP contribution in [0.25, 0.3) is 0 Å². The maximum Gasteiger partial charge on any atom is 0.254 e. The molecule has 0 saturated carbocycles. The van der Waals surface area contributed by atoms with Crippen molar-refractivity contribution in [1.82, 2.24) is 10.3 Å². The van der Waals surface area contributed by atoms with Crippen LogP contribution < -0.4 is 10.2 Å². The second-order valence-electron chi connectivity index (χ2n) is 5.04. The number of ether oxygens (including phenoxy) is 1. The van der Waals surface area contributed by atoms with Gasteiger partial charge in [-0.15, -0.1) is 0 Å². The third kappa shape index (κ3) is 2.46. The van der Waals surface area contributed by atoms with E-state index in [1.165, 1.54) is 12.1 Å². The van der Waals surface area contributed by atoms with E-state index in [2.05, 4.69) is 10.3 Å². The van der Waals surface area contributed by atoms with Crippen LogP contribution in [-0.2, 0) is 9.53 Å². The molecular formula is C13H16FN3O2. The number of anilines is 1.